The minimum absolute atomic E-state index is 0.636. The fourth-order valence-electron chi connectivity index (χ4n) is 1.41. The molecule has 2 rings (SSSR count). The molecule has 1 aromatic carbocycles. The van der Waals surface area contributed by atoms with Gasteiger partial charge in [0.05, 0.1) is 0 Å². The van der Waals surface area contributed by atoms with Gasteiger partial charge in [0.2, 0.25) is 0 Å². The van der Waals surface area contributed by atoms with Crippen molar-refractivity contribution in [1.82, 2.24) is 0 Å². The summed E-state index contributed by atoms with van der Waals surface area (Å²) in [5, 5.41) is 3.53. The van der Waals surface area contributed by atoms with Crippen molar-refractivity contribution in [2.75, 3.05) is 0 Å². The molecular formula is C10H11NS. The van der Waals surface area contributed by atoms with E-state index in [9.17, 15) is 0 Å². The van der Waals surface area contributed by atoms with Crippen LogP contribution in [-0.2, 0) is 6.54 Å². The summed E-state index contributed by atoms with van der Waals surface area (Å²) in [7, 11) is 0. The molecule has 1 nitrogen and oxygen atoms in total. The van der Waals surface area contributed by atoms with Gasteiger partial charge in [0, 0.05) is 11.2 Å². The lowest BCUT2D eigenvalue weighted by Gasteiger charge is -1.97. The predicted molar refractivity (Wildman–Crippen MR) is 54.5 cm³/mol. The smallest absolute Gasteiger partial charge is 0.0390 e. The molecule has 0 spiro atoms. The summed E-state index contributed by atoms with van der Waals surface area (Å²) in [4.78, 5) is 0. The molecule has 2 N–H and O–H groups in total. The molecule has 0 atom stereocenters. The molecule has 2 heteroatoms. The first-order chi connectivity index (χ1) is 5.83. The second kappa shape index (κ2) is 2.88. The van der Waals surface area contributed by atoms with E-state index in [-0.39, 0.29) is 0 Å². The zero-order chi connectivity index (χ0) is 8.55. The Hall–Kier alpha value is -0.860. The van der Waals surface area contributed by atoms with E-state index >= 15 is 0 Å². The third-order valence-electron chi connectivity index (χ3n) is 2.09. The van der Waals surface area contributed by atoms with Crippen LogP contribution in [0.1, 0.15) is 11.1 Å². The topological polar surface area (TPSA) is 26.0 Å². The molecule has 1 heterocycles. The van der Waals surface area contributed by atoms with Gasteiger partial charge >= 0.3 is 0 Å². The first-order valence-electron chi connectivity index (χ1n) is 3.98. The lowest BCUT2D eigenvalue weighted by atomic mass is 10.1. The summed E-state index contributed by atoms with van der Waals surface area (Å²) in [6, 6.07) is 6.32. The normalized spacial score (nSPS) is 10.8. The number of aryl methyl sites for hydroxylation is 1. The van der Waals surface area contributed by atoms with Crippen molar-refractivity contribution in [1.29, 1.82) is 0 Å². The van der Waals surface area contributed by atoms with Crippen LogP contribution in [0.5, 0.6) is 0 Å². The number of hydrogen-bond acceptors (Lipinski definition) is 2. The first kappa shape index (κ1) is 7.77. The highest BCUT2D eigenvalue weighted by molar-refractivity contribution is 7.17. The van der Waals surface area contributed by atoms with Crippen LogP contribution in [0, 0.1) is 6.92 Å². The summed E-state index contributed by atoms with van der Waals surface area (Å²) < 4.78 is 1.34. The Morgan fingerprint density at radius 2 is 2.25 bits per heavy atom. The Morgan fingerprint density at radius 3 is 3.00 bits per heavy atom. The molecule has 0 aliphatic carbocycles. The summed E-state index contributed by atoms with van der Waals surface area (Å²) in [5.74, 6) is 0. The lowest BCUT2D eigenvalue weighted by Crippen LogP contribution is -1.95. The molecule has 0 fully saturated rings. The minimum atomic E-state index is 0.636. The molecule has 0 bridgehead atoms. The minimum Gasteiger partial charge on any atom is -0.326 e. The van der Waals surface area contributed by atoms with Crippen molar-refractivity contribution in [3.05, 3.63) is 34.7 Å². The zero-order valence-electron chi connectivity index (χ0n) is 7.00. The van der Waals surface area contributed by atoms with Crippen molar-refractivity contribution in [3.8, 4) is 0 Å². The van der Waals surface area contributed by atoms with Crippen LogP contribution in [0.2, 0.25) is 0 Å². The Bertz CT molecular complexity index is 403. The maximum absolute atomic E-state index is 5.63. The highest BCUT2D eigenvalue weighted by atomic mass is 32.1. The van der Waals surface area contributed by atoms with Crippen LogP contribution in [0.4, 0.5) is 0 Å². The first-order valence-corrected chi connectivity index (χ1v) is 4.86. The van der Waals surface area contributed by atoms with Gasteiger partial charge in [0.25, 0.3) is 0 Å². The molecule has 0 saturated heterocycles. The number of fused-ring (bicyclic) bond motifs is 1. The molecule has 0 radical (unpaired) electrons. The fourth-order valence-corrected chi connectivity index (χ4v) is 2.49. The van der Waals surface area contributed by atoms with E-state index in [1.165, 1.54) is 21.2 Å². The van der Waals surface area contributed by atoms with E-state index in [2.05, 4.69) is 30.5 Å². The molecule has 1 aromatic heterocycles. The number of benzene rings is 1. The summed E-state index contributed by atoms with van der Waals surface area (Å²) in [5.41, 5.74) is 8.24. The maximum Gasteiger partial charge on any atom is 0.0390 e. The van der Waals surface area contributed by atoms with E-state index in [1.807, 2.05) is 0 Å². The molecule has 0 amide bonds. The quantitative estimate of drug-likeness (QED) is 0.712. The second-order valence-electron chi connectivity index (χ2n) is 2.92. The van der Waals surface area contributed by atoms with Crippen LogP contribution < -0.4 is 5.73 Å². The van der Waals surface area contributed by atoms with E-state index < -0.39 is 0 Å². The van der Waals surface area contributed by atoms with Crippen LogP contribution in [0.25, 0.3) is 10.1 Å². The third-order valence-corrected chi connectivity index (χ3v) is 3.28. The largest absolute Gasteiger partial charge is 0.326 e. The number of nitrogens with two attached hydrogens (primary N) is 1. The van der Waals surface area contributed by atoms with Crippen LogP contribution in [0.3, 0.4) is 0 Å². The van der Waals surface area contributed by atoms with E-state index in [0.29, 0.717) is 6.54 Å². The predicted octanol–water partition coefficient (Wildman–Crippen LogP) is 2.67. The number of thiophene rings is 1. The summed E-state index contributed by atoms with van der Waals surface area (Å²) in [6.45, 7) is 2.77. The van der Waals surface area contributed by atoms with Gasteiger partial charge in [-0.25, -0.2) is 0 Å². The summed E-state index contributed by atoms with van der Waals surface area (Å²) >= 11 is 1.79. The maximum atomic E-state index is 5.63. The van der Waals surface area contributed by atoms with E-state index in [1.54, 1.807) is 11.3 Å². The SMILES string of the molecule is Cc1csc2c(CN)cccc12. The van der Waals surface area contributed by atoms with Crippen molar-refractivity contribution in [2.24, 2.45) is 5.73 Å². The van der Waals surface area contributed by atoms with Crippen LogP contribution in [-0.4, -0.2) is 0 Å². The molecule has 0 aliphatic rings. The molecule has 0 aliphatic heterocycles. The van der Waals surface area contributed by atoms with Gasteiger partial charge in [0.15, 0.2) is 0 Å². The van der Waals surface area contributed by atoms with Gasteiger partial charge in [-0.05, 0) is 28.8 Å². The standard InChI is InChI=1S/C10H11NS/c1-7-6-12-10-8(5-11)3-2-4-9(7)10/h2-4,6H,5,11H2,1H3. The number of hydrogen-bond donors (Lipinski definition) is 1. The number of rotatable bonds is 1. The second-order valence-corrected chi connectivity index (χ2v) is 3.80. The Kier molecular flexibility index (Phi) is 1.87. The van der Waals surface area contributed by atoms with Crippen molar-refractivity contribution in [2.45, 2.75) is 13.5 Å². The Balaban J connectivity index is 2.81. The third kappa shape index (κ3) is 1.04. The molecule has 2 aromatic rings. The molecule has 0 unspecified atom stereocenters. The lowest BCUT2D eigenvalue weighted by molar-refractivity contribution is 1.09. The van der Waals surface area contributed by atoms with Crippen molar-refractivity contribution in [3.63, 3.8) is 0 Å². The molecular weight excluding hydrogens is 166 g/mol. The van der Waals surface area contributed by atoms with Gasteiger partial charge in [-0.3, -0.25) is 0 Å². The van der Waals surface area contributed by atoms with Gasteiger partial charge in [-0.15, -0.1) is 11.3 Å². The van der Waals surface area contributed by atoms with Gasteiger partial charge in [-0.2, -0.15) is 0 Å². The van der Waals surface area contributed by atoms with Crippen LogP contribution >= 0.6 is 11.3 Å². The molecule has 12 heavy (non-hydrogen) atoms. The van der Waals surface area contributed by atoms with Crippen molar-refractivity contribution < 1.29 is 0 Å². The zero-order valence-corrected chi connectivity index (χ0v) is 7.82. The highest BCUT2D eigenvalue weighted by Crippen LogP contribution is 2.27. The van der Waals surface area contributed by atoms with Crippen molar-refractivity contribution >= 4 is 21.4 Å². The highest BCUT2D eigenvalue weighted by Gasteiger charge is 2.02. The summed E-state index contributed by atoms with van der Waals surface area (Å²) in [6.07, 6.45) is 0. The average molecular weight is 177 g/mol. The fraction of sp³-hybridized carbons (Fsp3) is 0.200. The van der Waals surface area contributed by atoms with Crippen LogP contribution in [0.15, 0.2) is 23.6 Å². The Labute approximate surface area is 75.8 Å². The van der Waals surface area contributed by atoms with Gasteiger partial charge in [-0.1, -0.05) is 18.2 Å². The molecule has 0 saturated carbocycles. The van der Waals surface area contributed by atoms with Gasteiger partial charge in [0.1, 0.15) is 0 Å². The average Bonchev–Trinajstić information content (AvgIpc) is 2.48. The Morgan fingerprint density at radius 1 is 1.42 bits per heavy atom. The molecule has 62 valence electrons. The van der Waals surface area contributed by atoms with E-state index in [0.717, 1.165) is 0 Å². The van der Waals surface area contributed by atoms with Gasteiger partial charge < -0.3 is 5.73 Å². The monoisotopic (exact) mass is 177 g/mol. The van der Waals surface area contributed by atoms with E-state index in [4.69, 9.17) is 5.73 Å².